The molecule has 2 rings (SSSR count). The molecule has 0 saturated carbocycles. The van der Waals surface area contributed by atoms with Crippen LogP contribution in [0.4, 0.5) is 11.4 Å². The van der Waals surface area contributed by atoms with Gasteiger partial charge in [0, 0.05) is 10.7 Å². The number of phenolic OH excluding ortho intramolecular Hbond substituents is 1. The van der Waals surface area contributed by atoms with Crippen LogP contribution in [0.3, 0.4) is 0 Å². The summed E-state index contributed by atoms with van der Waals surface area (Å²) in [6, 6.07) is 7.37. The third-order valence-corrected chi connectivity index (χ3v) is 3.50. The number of aryl methyl sites for hydroxylation is 1. The van der Waals surface area contributed by atoms with Crippen molar-refractivity contribution in [3.63, 3.8) is 0 Å². The minimum Gasteiger partial charge on any atom is -0.508 e. The molecule has 2 aromatic rings. The first-order valence-electron chi connectivity index (χ1n) is 5.74. The minimum absolute atomic E-state index is 0.0441. The topological polar surface area (TPSA) is 75.3 Å². The van der Waals surface area contributed by atoms with Gasteiger partial charge in [-0.3, -0.25) is 4.79 Å². The summed E-state index contributed by atoms with van der Waals surface area (Å²) in [5.74, 6) is -0.516. The molecule has 0 saturated heterocycles. The van der Waals surface area contributed by atoms with E-state index in [1.807, 2.05) is 6.92 Å². The lowest BCUT2D eigenvalue weighted by Crippen LogP contribution is -2.14. The van der Waals surface area contributed by atoms with Crippen LogP contribution in [0.5, 0.6) is 5.75 Å². The van der Waals surface area contributed by atoms with E-state index in [1.165, 1.54) is 18.2 Å². The highest BCUT2D eigenvalue weighted by Gasteiger charge is 2.13. The molecule has 2 aromatic carbocycles. The molecule has 0 unspecified atom stereocenters. The molecule has 1 amide bonds. The fourth-order valence-electron chi connectivity index (χ4n) is 1.67. The molecule has 0 aliphatic heterocycles. The van der Waals surface area contributed by atoms with E-state index < -0.39 is 5.91 Å². The van der Waals surface area contributed by atoms with Crippen LogP contribution in [-0.4, -0.2) is 11.0 Å². The van der Waals surface area contributed by atoms with E-state index in [4.69, 9.17) is 28.9 Å². The van der Waals surface area contributed by atoms with Crippen molar-refractivity contribution in [1.29, 1.82) is 0 Å². The maximum Gasteiger partial charge on any atom is 0.257 e. The van der Waals surface area contributed by atoms with Crippen LogP contribution in [0.25, 0.3) is 0 Å². The van der Waals surface area contributed by atoms with E-state index in [-0.39, 0.29) is 17.0 Å². The number of halogens is 2. The molecular formula is C14H12Cl2N2O2. The fourth-order valence-corrected chi connectivity index (χ4v) is 2.10. The van der Waals surface area contributed by atoms with Crippen molar-refractivity contribution >= 4 is 40.5 Å². The molecule has 0 spiro atoms. The summed E-state index contributed by atoms with van der Waals surface area (Å²) in [6.07, 6.45) is 0. The van der Waals surface area contributed by atoms with Crippen LogP contribution < -0.4 is 11.1 Å². The predicted octanol–water partition coefficient (Wildman–Crippen LogP) is 3.84. The number of phenols is 1. The lowest BCUT2D eigenvalue weighted by atomic mass is 10.1. The molecule has 0 aliphatic rings. The lowest BCUT2D eigenvalue weighted by molar-refractivity contribution is 0.102. The van der Waals surface area contributed by atoms with Crippen molar-refractivity contribution < 1.29 is 9.90 Å². The van der Waals surface area contributed by atoms with Gasteiger partial charge in [-0.15, -0.1) is 0 Å². The molecule has 0 atom stereocenters. The summed E-state index contributed by atoms with van der Waals surface area (Å²) < 4.78 is 0. The molecule has 0 aromatic heterocycles. The Kier molecular flexibility index (Phi) is 4.06. The van der Waals surface area contributed by atoms with Crippen molar-refractivity contribution in [2.45, 2.75) is 6.92 Å². The van der Waals surface area contributed by atoms with Crippen LogP contribution in [0, 0.1) is 6.92 Å². The Hall–Kier alpha value is -1.91. The lowest BCUT2D eigenvalue weighted by Gasteiger charge is -2.11. The highest BCUT2D eigenvalue weighted by Crippen LogP contribution is 2.29. The van der Waals surface area contributed by atoms with Gasteiger partial charge in [0.2, 0.25) is 0 Å². The van der Waals surface area contributed by atoms with Crippen LogP contribution >= 0.6 is 23.2 Å². The fraction of sp³-hybridized carbons (Fsp3) is 0.0714. The number of carbonyl (C=O) groups is 1. The van der Waals surface area contributed by atoms with Crippen molar-refractivity contribution in [3.05, 3.63) is 51.5 Å². The summed E-state index contributed by atoms with van der Waals surface area (Å²) in [7, 11) is 0. The van der Waals surface area contributed by atoms with E-state index >= 15 is 0 Å². The second-order valence-corrected chi connectivity index (χ2v) is 5.12. The third-order valence-electron chi connectivity index (χ3n) is 2.78. The van der Waals surface area contributed by atoms with E-state index in [1.54, 1.807) is 12.1 Å². The van der Waals surface area contributed by atoms with Crippen LogP contribution in [0.15, 0.2) is 30.3 Å². The van der Waals surface area contributed by atoms with E-state index in [9.17, 15) is 9.90 Å². The molecule has 0 bridgehead atoms. The standard InChI is InChI=1S/C14H12Cl2N2O2/c1-7-4-11(16)13(6-10(7)15)18-14(20)9-5-8(19)2-3-12(9)17/h2-6,19H,17H2,1H3,(H,18,20). The van der Waals surface area contributed by atoms with Gasteiger partial charge in [0.05, 0.1) is 16.3 Å². The van der Waals surface area contributed by atoms with Crippen LogP contribution in [0.1, 0.15) is 15.9 Å². The van der Waals surface area contributed by atoms with Crippen molar-refractivity contribution in [1.82, 2.24) is 0 Å². The zero-order chi connectivity index (χ0) is 14.9. The third kappa shape index (κ3) is 2.98. The first-order valence-corrected chi connectivity index (χ1v) is 6.49. The SMILES string of the molecule is Cc1cc(Cl)c(NC(=O)c2cc(O)ccc2N)cc1Cl. The number of benzene rings is 2. The van der Waals surface area contributed by atoms with Gasteiger partial charge in [-0.25, -0.2) is 0 Å². The molecule has 0 radical (unpaired) electrons. The van der Waals surface area contributed by atoms with Gasteiger partial charge in [0.1, 0.15) is 5.75 Å². The van der Waals surface area contributed by atoms with Crippen LogP contribution in [-0.2, 0) is 0 Å². The summed E-state index contributed by atoms with van der Waals surface area (Å²) in [6.45, 7) is 1.81. The highest BCUT2D eigenvalue weighted by atomic mass is 35.5. The summed E-state index contributed by atoms with van der Waals surface area (Å²) in [4.78, 5) is 12.1. The molecule has 4 N–H and O–H groups in total. The monoisotopic (exact) mass is 310 g/mol. The maximum absolute atomic E-state index is 12.1. The number of hydrogen-bond donors (Lipinski definition) is 3. The highest BCUT2D eigenvalue weighted by molar-refractivity contribution is 6.36. The smallest absolute Gasteiger partial charge is 0.257 e. The molecule has 104 valence electrons. The summed E-state index contributed by atoms with van der Waals surface area (Å²) in [5.41, 5.74) is 7.32. The zero-order valence-corrected chi connectivity index (χ0v) is 12.1. The zero-order valence-electron chi connectivity index (χ0n) is 10.6. The van der Waals surface area contributed by atoms with Gasteiger partial charge in [-0.05, 0) is 42.8 Å². The summed E-state index contributed by atoms with van der Waals surface area (Å²) >= 11 is 12.0. The van der Waals surface area contributed by atoms with E-state index in [2.05, 4.69) is 5.32 Å². The number of amides is 1. The quantitative estimate of drug-likeness (QED) is 0.582. The first-order chi connectivity index (χ1) is 9.38. The van der Waals surface area contributed by atoms with Crippen molar-refractivity contribution in [2.24, 2.45) is 0 Å². The van der Waals surface area contributed by atoms with Gasteiger partial charge < -0.3 is 16.2 Å². The van der Waals surface area contributed by atoms with Crippen molar-refractivity contribution in [2.75, 3.05) is 11.1 Å². The van der Waals surface area contributed by atoms with Gasteiger partial charge in [-0.2, -0.15) is 0 Å². The van der Waals surface area contributed by atoms with E-state index in [0.717, 1.165) is 5.56 Å². The molecular weight excluding hydrogens is 299 g/mol. The second-order valence-electron chi connectivity index (χ2n) is 4.31. The number of anilines is 2. The number of nitrogen functional groups attached to an aromatic ring is 1. The number of carbonyl (C=O) groups excluding carboxylic acids is 1. The number of nitrogens with one attached hydrogen (secondary N) is 1. The Labute approximate surface area is 126 Å². The number of rotatable bonds is 2. The number of nitrogens with two attached hydrogens (primary N) is 1. The average Bonchev–Trinajstić information content (AvgIpc) is 2.38. The number of hydrogen-bond acceptors (Lipinski definition) is 3. The Morgan fingerprint density at radius 2 is 1.90 bits per heavy atom. The Balaban J connectivity index is 2.32. The second kappa shape index (κ2) is 5.61. The van der Waals surface area contributed by atoms with Gasteiger partial charge in [0.15, 0.2) is 0 Å². The molecule has 20 heavy (non-hydrogen) atoms. The molecule has 4 nitrogen and oxygen atoms in total. The van der Waals surface area contributed by atoms with Gasteiger partial charge in [-0.1, -0.05) is 23.2 Å². The maximum atomic E-state index is 12.1. The molecule has 0 heterocycles. The molecule has 6 heteroatoms. The minimum atomic E-state index is -0.472. The molecule has 0 aliphatic carbocycles. The van der Waals surface area contributed by atoms with E-state index in [0.29, 0.717) is 15.7 Å². The Bertz CT molecular complexity index is 687. The Morgan fingerprint density at radius 1 is 1.20 bits per heavy atom. The molecule has 0 fully saturated rings. The van der Waals surface area contributed by atoms with Gasteiger partial charge in [0.25, 0.3) is 5.91 Å². The predicted molar refractivity (Wildman–Crippen MR) is 81.7 cm³/mol. The summed E-state index contributed by atoms with van der Waals surface area (Å²) in [5, 5.41) is 12.9. The Morgan fingerprint density at radius 3 is 2.60 bits per heavy atom. The average molecular weight is 311 g/mol. The first kappa shape index (κ1) is 14.5. The largest absolute Gasteiger partial charge is 0.508 e. The number of aromatic hydroxyl groups is 1. The normalized spacial score (nSPS) is 10.3. The van der Waals surface area contributed by atoms with Gasteiger partial charge >= 0.3 is 0 Å². The van der Waals surface area contributed by atoms with Crippen LogP contribution in [0.2, 0.25) is 10.0 Å². The van der Waals surface area contributed by atoms with Crippen molar-refractivity contribution in [3.8, 4) is 5.75 Å².